The maximum absolute atomic E-state index is 14.2. The summed E-state index contributed by atoms with van der Waals surface area (Å²) in [6.07, 6.45) is -2.67. The number of nitrogens with one attached hydrogen (secondary N) is 1. The predicted octanol–water partition coefficient (Wildman–Crippen LogP) is 5.91. The largest absolute Gasteiger partial charge is 0.408 e. The Labute approximate surface area is 197 Å². The van der Waals surface area contributed by atoms with Crippen LogP contribution in [0.4, 0.5) is 13.2 Å². The van der Waals surface area contributed by atoms with Gasteiger partial charge in [0.15, 0.2) is 0 Å². The summed E-state index contributed by atoms with van der Waals surface area (Å²) in [6.45, 7) is 6.35. The third-order valence-electron chi connectivity index (χ3n) is 5.80. The van der Waals surface area contributed by atoms with Gasteiger partial charge in [0.05, 0.1) is 16.9 Å². The molecule has 1 heterocycles. The van der Waals surface area contributed by atoms with Crippen LogP contribution >= 0.6 is 0 Å². The number of hydrogen-bond donors (Lipinski definition) is 1. The van der Waals surface area contributed by atoms with E-state index in [1.807, 2.05) is 25.5 Å². The summed E-state index contributed by atoms with van der Waals surface area (Å²) in [7, 11) is -4.09. The van der Waals surface area contributed by atoms with Crippen LogP contribution in [0.5, 0.6) is 0 Å². The highest BCUT2D eigenvalue weighted by molar-refractivity contribution is 7.90. The van der Waals surface area contributed by atoms with E-state index in [4.69, 9.17) is 0 Å². The molecule has 2 aromatic carbocycles. The third kappa shape index (κ3) is 4.98. The number of alkyl halides is 3. The summed E-state index contributed by atoms with van der Waals surface area (Å²) in [4.78, 5) is 0. The lowest BCUT2D eigenvalue weighted by Crippen LogP contribution is -2.39. The monoisotopic (exact) mass is 489 g/mol. The van der Waals surface area contributed by atoms with Gasteiger partial charge >= 0.3 is 6.18 Å². The van der Waals surface area contributed by atoms with Gasteiger partial charge in [0.25, 0.3) is 0 Å². The van der Waals surface area contributed by atoms with Crippen molar-refractivity contribution in [1.29, 1.82) is 5.26 Å². The van der Waals surface area contributed by atoms with Gasteiger partial charge in [0.1, 0.15) is 6.04 Å². The first-order valence-corrected chi connectivity index (χ1v) is 12.5. The summed E-state index contributed by atoms with van der Waals surface area (Å²) >= 11 is 0. The normalized spacial score (nSPS) is 15.9. The summed E-state index contributed by atoms with van der Waals surface area (Å²) < 4.78 is 71.1. The van der Waals surface area contributed by atoms with Crippen molar-refractivity contribution in [3.8, 4) is 17.2 Å². The molecule has 0 saturated heterocycles. The van der Waals surface area contributed by atoms with Crippen LogP contribution in [0, 0.1) is 16.7 Å². The molecule has 1 aromatic heterocycles. The average Bonchev–Trinajstić information content (AvgIpc) is 3.55. The molecule has 1 fully saturated rings. The quantitative estimate of drug-likeness (QED) is 0.468. The molecule has 5 nitrogen and oxygen atoms in total. The Morgan fingerprint density at radius 1 is 1.15 bits per heavy atom. The lowest BCUT2D eigenvalue weighted by molar-refractivity contribution is -0.152. The van der Waals surface area contributed by atoms with E-state index in [0.717, 1.165) is 0 Å². The van der Waals surface area contributed by atoms with Crippen molar-refractivity contribution < 1.29 is 21.6 Å². The zero-order valence-corrected chi connectivity index (χ0v) is 20.0. The standard InChI is InChI=1S/C25H26F3N3O2S/c1-24(2,3)15-31-14-21(23(25(26,27)28)30-34(32,33)18-9-10-18)20-11-8-16(12-22(20)31)19-7-5-4-6-17(19)13-29/h4-8,11-12,14,18,23,30H,9-10,15H2,1-3H3. The lowest BCUT2D eigenvalue weighted by atomic mass is 9.96. The highest BCUT2D eigenvalue weighted by Crippen LogP contribution is 2.41. The van der Waals surface area contributed by atoms with Gasteiger partial charge in [0.2, 0.25) is 10.0 Å². The first-order valence-electron chi connectivity index (χ1n) is 11.0. The number of fused-ring (bicyclic) bond motifs is 1. The number of rotatable bonds is 6. The smallest absolute Gasteiger partial charge is 0.347 e. The fourth-order valence-corrected chi connectivity index (χ4v) is 5.68. The molecule has 1 aliphatic carbocycles. The van der Waals surface area contributed by atoms with E-state index in [2.05, 4.69) is 6.07 Å². The fourth-order valence-electron chi connectivity index (χ4n) is 4.14. The summed E-state index contributed by atoms with van der Waals surface area (Å²) in [5, 5.41) is 9.03. The van der Waals surface area contributed by atoms with E-state index in [0.29, 0.717) is 47.0 Å². The van der Waals surface area contributed by atoms with Crippen LogP contribution in [0.2, 0.25) is 0 Å². The maximum Gasteiger partial charge on any atom is 0.408 e. The minimum atomic E-state index is -4.81. The average molecular weight is 490 g/mol. The van der Waals surface area contributed by atoms with Crippen molar-refractivity contribution in [2.24, 2.45) is 5.41 Å². The molecule has 1 saturated carbocycles. The van der Waals surface area contributed by atoms with E-state index >= 15 is 0 Å². The van der Waals surface area contributed by atoms with Crippen LogP contribution < -0.4 is 4.72 Å². The zero-order chi connectivity index (χ0) is 24.9. The Bertz CT molecular complexity index is 1380. The maximum atomic E-state index is 14.2. The molecule has 0 bridgehead atoms. The second-order valence-corrected chi connectivity index (χ2v) is 12.0. The van der Waals surface area contributed by atoms with E-state index < -0.39 is 27.5 Å². The molecular formula is C25H26F3N3O2S. The molecule has 180 valence electrons. The summed E-state index contributed by atoms with van der Waals surface area (Å²) in [6, 6.07) is 11.8. The molecular weight excluding hydrogens is 463 g/mol. The molecule has 0 aliphatic heterocycles. The number of nitrogens with zero attached hydrogens (tertiary/aromatic N) is 2. The van der Waals surface area contributed by atoms with Gasteiger partial charge in [-0.3, -0.25) is 0 Å². The number of hydrogen-bond acceptors (Lipinski definition) is 3. The molecule has 1 aliphatic rings. The van der Waals surface area contributed by atoms with Crippen molar-refractivity contribution in [2.45, 2.75) is 57.6 Å². The summed E-state index contributed by atoms with van der Waals surface area (Å²) in [5.41, 5.74) is 2.02. The minimum Gasteiger partial charge on any atom is -0.347 e. The molecule has 0 spiro atoms. The number of aromatic nitrogens is 1. The highest BCUT2D eigenvalue weighted by atomic mass is 32.2. The molecule has 3 aromatic rings. The van der Waals surface area contributed by atoms with Crippen molar-refractivity contribution in [1.82, 2.24) is 9.29 Å². The van der Waals surface area contributed by atoms with E-state index in [9.17, 15) is 26.9 Å². The number of sulfonamides is 1. The SMILES string of the molecule is CC(C)(C)Cn1cc(C(NS(=O)(=O)C2CC2)C(F)(F)F)c2ccc(-c3ccccc3C#N)cc21. The van der Waals surface area contributed by atoms with Crippen molar-refractivity contribution in [3.05, 3.63) is 59.8 Å². The molecule has 1 unspecified atom stereocenters. The van der Waals surface area contributed by atoms with Gasteiger partial charge in [-0.15, -0.1) is 0 Å². The van der Waals surface area contributed by atoms with E-state index in [1.54, 1.807) is 47.0 Å². The van der Waals surface area contributed by atoms with Gasteiger partial charge in [0, 0.05) is 29.2 Å². The van der Waals surface area contributed by atoms with Crippen LogP contribution in [-0.4, -0.2) is 24.4 Å². The predicted molar refractivity (Wildman–Crippen MR) is 125 cm³/mol. The van der Waals surface area contributed by atoms with Gasteiger partial charge < -0.3 is 4.57 Å². The molecule has 4 rings (SSSR count). The second-order valence-electron chi connectivity index (χ2n) is 10.00. The van der Waals surface area contributed by atoms with Gasteiger partial charge in [-0.2, -0.15) is 23.2 Å². The Kier molecular flexibility index (Phi) is 6.03. The Morgan fingerprint density at radius 3 is 2.41 bits per heavy atom. The van der Waals surface area contributed by atoms with Gasteiger partial charge in [-0.25, -0.2) is 8.42 Å². The first kappa shape index (κ1) is 24.3. The minimum absolute atomic E-state index is 0.129. The van der Waals surface area contributed by atoms with Gasteiger partial charge in [-0.1, -0.05) is 51.1 Å². The number of halogens is 3. The van der Waals surface area contributed by atoms with Crippen LogP contribution in [0.1, 0.15) is 50.8 Å². The molecule has 1 N–H and O–H groups in total. The fraction of sp³-hybridized carbons (Fsp3) is 0.400. The third-order valence-corrected chi connectivity index (χ3v) is 7.71. The van der Waals surface area contributed by atoms with Crippen LogP contribution in [0.15, 0.2) is 48.7 Å². The van der Waals surface area contributed by atoms with Crippen LogP contribution in [-0.2, 0) is 16.6 Å². The Balaban J connectivity index is 1.90. The number of nitriles is 1. The topological polar surface area (TPSA) is 74.9 Å². The lowest BCUT2D eigenvalue weighted by Gasteiger charge is -2.22. The molecule has 9 heteroatoms. The van der Waals surface area contributed by atoms with Crippen molar-refractivity contribution >= 4 is 20.9 Å². The highest BCUT2D eigenvalue weighted by Gasteiger charge is 2.47. The van der Waals surface area contributed by atoms with Crippen molar-refractivity contribution in [3.63, 3.8) is 0 Å². The van der Waals surface area contributed by atoms with E-state index in [-0.39, 0.29) is 11.0 Å². The molecule has 34 heavy (non-hydrogen) atoms. The van der Waals surface area contributed by atoms with Crippen LogP contribution in [0.25, 0.3) is 22.0 Å². The van der Waals surface area contributed by atoms with E-state index in [1.165, 1.54) is 6.20 Å². The molecule has 1 atom stereocenters. The molecule has 0 amide bonds. The summed E-state index contributed by atoms with van der Waals surface area (Å²) in [5.74, 6) is 0. The second kappa shape index (κ2) is 8.43. The zero-order valence-electron chi connectivity index (χ0n) is 19.1. The van der Waals surface area contributed by atoms with Gasteiger partial charge in [-0.05, 0) is 41.5 Å². The molecule has 0 radical (unpaired) electrons. The number of benzene rings is 2. The van der Waals surface area contributed by atoms with Crippen LogP contribution in [0.3, 0.4) is 0 Å². The first-order chi connectivity index (χ1) is 15.8. The van der Waals surface area contributed by atoms with Crippen molar-refractivity contribution in [2.75, 3.05) is 0 Å². The Hall–Kier alpha value is -2.83. The Morgan fingerprint density at radius 2 is 1.82 bits per heavy atom.